The number of benzene rings is 1. The van der Waals surface area contributed by atoms with Crippen LogP contribution in [0.15, 0.2) is 30.5 Å². The molecule has 1 aromatic carbocycles. The molecule has 6 nitrogen and oxygen atoms in total. The van der Waals surface area contributed by atoms with E-state index in [2.05, 4.69) is 35.1 Å². The second kappa shape index (κ2) is 7.17. The van der Waals surface area contributed by atoms with Gasteiger partial charge in [0.05, 0.1) is 0 Å². The van der Waals surface area contributed by atoms with Crippen molar-refractivity contribution in [2.75, 3.05) is 25.0 Å². The number of fused-ring (bicyclic) bond motifs is 2. The topological polar surface area (TPSA) is 64.7 Å². The Morgan fingerprint density at radius 1 is 1.28 bits per heavy atom. The predicted molar refractivity (Wildman–Crippen MR) is 112 cm³/mol. The van der Waals surface area contributed by atoms with E-state index in [4.69, 9.17) is 0 Å². The fraction of sp³-hybridized carbons (Fsp3) is 0.565. The Morgan fingerprint density at radius 3 is 2.93 bits per heavy atom. The highest BCUT2D eigenvalue weighted by Gasteiger charge is 2.45. The SMILES string of the molecule is C=C1CCC(N2Cc3cc(N[C@H]4CN(CC)CC[C@@H]5CC54)ccc3C2=O)C(=O)N1. The Balaban J connectivity index is 1.31. The Hall–Kier alpha value is -2.34. The normalized spacial score (nSPS) is 31.8. The number of likely N-dealkylation sites (N-methyl/N-ethyl adjacent to an activating group) is 1. The van der Waals surface area contributed by atoms with Crippen LogP contribution in [0.5, 0.6) is 0 Å². The first-order chi connectivity index (χ1) is 14.0. The molecule has 5 rings (SSSR count). The van der Waals surface area contributed by atoms with E-state index in [1.807, 2.05) is 12.1 Å². The van der Waals surface area contributed by atoms with Crippen LogP contribution in [0.2, 0.25) is 0 Å². The van der Waals surface area contributed by atoms with Crippen LogP contribution >= 0.6 is 0 Å². The Labute approximate surface area is 172 Å². The first-order valence-corrected chi connectivity index (χ1v) is 10.9. The van der Waals surface area contributed by atoms with Gasteiger partial charge in [-0.2, -0.15) is 0 Å². The van der Waals surface area contributed by atoms with Crippen molar-refractivity contribution < 1.29 is 9.59 Å². The molecule has 0 bridgehead atoms. The Kier molecular flexibility index (Phi) is 4.62. The van der Waals surface area contributed by atoms with Gasteiger partial charge in [-0.25, -0.2) is 0 Å². The Bertz CT molecular complexity index is 866. The maximum Gasteiger partial charge on any atom is 0.255 e. The number of likely N-dealkylation sites (tertiary alicyclic amines) is 1. The van der Waals surface area contributed by atoms with Crippen LogP contribution in [-0.2, 0) is 11.3 Å². The molecule has 3 fully saturated rings. The van der Waals surface area contributed by atoms with Gasteiger partial charge < -0.3 is 20.4 Å². The summed E-state index contributed by atoms with van der Waals surface area (Å²) in [6.45, 7) is 9.97. The number of hydrogen-bond donors (Lipinski definition) is 2. The molecular weight excluding hydrogens is 364 g/mol. The number of allylic oxidation sites excluding steroid dienone is 1. The third-order valence-corrected chi connectivity index (χ3v) is 7.20. The molecule has 2 unspecified atom stereocenters. The van der Waals surface area contributed by atoms with Gasteiger partial charge in [-0.05, 0) is 74.4 Å². The van der Waals surface area contributed by atoms with Crippen molar-refractivity contribution in [3.8, 4) is 0 Å². The van der Waals surface area contributed by atoms with E-state index >= 15 is 0 Å². The molecule has 2 saturated heterocycles. The minimum Gasteiger partial charge on any atom is -0.381 e. The van der Waals surface area contributed by atoms with Gasteiger partial charge in [0.15, 0.2) is 0 Å². The summed E-state index contributed by atoms with van der Waals surface area (Å²) in [7, 11) is 0. The minimum absolute atomic E-state index is 0.0342. The summed E-state index contributed by atoms with van der Waals surface area (Å²) >= 11 is 0. The van der Waals surface area contributed by atoms with E-state index in [1.165, 1.54) is 19.4 Å². The van der Waals surface area contributed by atoms with Crippen LogP contribution in [0.25, 0.3) is 0 Å². The van der Waals surface area contributed by atoms with E-state index < -0.39 is 6.04 Å². The summed E-state index contributed by atoms with van der Waals surface area (Å²) in [5, 5.41) is 6.57. The largest absolute Gasteiger partial charge is 0.381 e. The highest BCUT2D eigenvalue weighted by atomic mass is 16.2. The average Bonchev–Trinajstić information content (AvgIpc) is 3.43. The molecule has 3 aliphatic heterocycles. The van der Waals surface area contributed by atoms with Gasteiger partial charge in [-0.15, -0.1) is 0 Å². The van der Waals surface area contributed by atoms with Crippen molar-refractivity contribution in [3.05, 3.63) is 41.6 Å². The van der Waals surface area contributed by atoms with Gasteiger partial charge >= 0.3 is 0 Å². The molecule has 0 radical (unpaired) electrons. The number of piperidine rings is 1. The van der Waals surface area contributed by atoms with Crippen molar-refractivity contribution in [1.82, 2.24) is 15.1 Å². The second-order valence-electron chi connectivity index (χ2n) is 9.04. The summed E-state index contributed by atoms with van der Waals surface area (Å²) in [5.41, 5.74) is 3.58. The van der Waals surface area contributed by atoms with Gasteiger partial charge in [-0.3, -0.25) is 9.59 Å². The number of nitrogens with one attached hydrogen (secondary N) is 2. The maximum atomic E-state index is 12.9. The molecule has 29 heavy (non-hydrogen) atoms. The minimum atomic E-state index is -0.399. The number of hydrogen-bond acceptors (Lipinski definition) is 4. The lowest BCUT2D eigenvalue weighted by Gasteiger charge is -2.30. The standard InChI is InChI=1S/C23H30N4O2/c1-3-26-9-8-15-11-19(15)20(13-26)25-17-5-6-18-16(10-17)12-27(23(18)29)21-7-4-14(2)24-22(21)28/h5-6,10,15,19-21,25H,2-4,7-9,11-13H2,1H3,(H,24,28)/t15-,19?,20+,21?/m1/s1. The molecule has 1 saturated carbocycles. The molecule has 2 amide bonds. The van der Waals surface area contributed by atoms with E-state index in [-0.39, 0.29) is 11.8 Å². The van der Waals surface area contributed by atoms with Crippen LogP contribution in [0.4, 0.5) is 5.69 Å². The van der Waals surface area contributed by atoms with Gasteiger partial charge in [0.25, 0.3) is 5.91 Å². The van der Waals surface area contributed by atoms with E-state index in [0.29, 0.717) is 19.0 Å². The zero-order chi connectivity index (χ0) is 20.1. The summed E-state index contributed by atoms with van der Waals surface area (Å²) in [5.74, 6) is 1.50. The first kappa shape index (κ1) is 18.7. The molecule has 0 spiro atoms. The van der Waals surface area contributed by atoms with E-state index in [1.54, 1.807) is 4.90 Å². The van der Waals surface area contributed by atoms with E-state index in [0.717, 1.165) is 53.9 Å². The number of carbonyl (C=O) groups excluding carboxylic acids is 2. The second-order valence-corrected chi connectivity index (χ2v) is 9.04. The van der Waals surface area contributed by atoms with Crippen molar-refractivity contribution in [3.63, 3.8) is 0 Å². The molecule has 4 atom stereocenters. The van der Waals surface area contributed by atoms with Gasteiger partial charge in [0.2, 0.25) is 5.91 Å². The number of nitrogens with zero attached hydrogens (tertiary/aromatic N) is 2. The summed E-state index contributed by atoms with van der Waals surface area (Å²) in [4.78, 5) is 29.5. The van der Waals surface area contributed by atoms with Gasteiger partial charge in [-0.1, -0.05) is 13.5 Å². The molecule has 6 heteroatoms. The van der Waals surface area contributed by atoms with Crippen molar-refractivity contribution in [2.24, 2.45) is 11.8 Å². The first-order valence-electron chi connectivity index (χ1n) is 10.9. The lowest BCUT2D eigenvalue weighted by atomic mass is 10.0. The number of anilines is 1. The number of rotatable bonds is 4. The smallest absolute Gasteiger partial charge is 0.255 e. The molecular formula is C23H30N4O2. The van der Waals surface area contributed by atoms with Crippen LogP contribution in [0, 0.1) is 11.8 Å². The number of carbonyl (C=O) groups is 2. The molecule has 1 aromatic rings. The van der Waals surface area contributed by atoms with Crippen LogP contribution < -0.4 is 10.6 Å². The van der Waals surface area contributed by atoms with E-state index in [9.17, 15) is 9.59 Å². The molecule has 0 aromatic heterocycles. The van der Waals surface area contributed by atoms with Crippen LogP contribution in [0.1, 0.15) is 48.5 Å². The van der Waals surface area contributed by atoms with Crippen molar-refractivity contribution in [2.45, 2.75) is 51.2 Å². The van der Waals surface area contributed by atoms with Crippen molar-refractivity contribution in [1.29, 1.82) is 0 Å². The summed E-state index contributed by atoms with van der Waals surface area (Å²) in [6.07, 6.45) is 4.03. The van der Waals surface area contributed by atoms with Crippen molar-refractivity contribution >= 4 is 17.5 Å². The van der Waals surface area contributed by atoms with Crippen LogP contribution in [-0.4, -0.2) is 53.3 Å². The third-order valence-electron chi connectivity index (χ3n) is 7.20. The maximum absolute atomic E-state index is 12.9. The molecule has 1 aliphatic carbocycles. The lowest BCUT2D eigenvalue weighted by molar-refractivity contribution is -0.126. The fourth-order valence-corrected chi connectivity index (χ4v) is 5.35. The van der Waals surface area contributed by atoms with Crippen LogP contribution in [0.3, 0.4) is 0 Å². The highest BCUT2D eigenvalue weighted by molar-refractivity contribution is 6.01. The fourth-order valence-electron chi connectivity index (χ4n) is 5.35. The zero-order valence-electron chi connectivity index (χ0n) is 17.1. The molecule has 2 N–H and O–H groups in total. The van der Waals surface area contributed by atoms with Gasteiger partial charge in [0, 0.05) is 36.1 Å². The molecule has 3 heterocycles. The Morgan fingerprint density at radius 2 is 2.14 bits per heavy atom. The predicted octanol–water partition coefficient (Wildman–Crippen LogP) is 2.58. The molecule has 154 valence electrons. The number of amides is 2. The summed E-state index contributed by atoms with van der Waals surface area (Å²) in [6, 6.07) is 6.15. The lowest BCUT2D eigenvalue weighted by Crippen LogP contribution is -2.49. The quantitative estimate of drug-likeness (QED) is 0.824. The van der Waals surface area contributed by atoms with Gasteiger partial charge in [0.1, 0.15) is 6.04 Å². The molecule has 4 aliphatic rings. The highest BCUT2D eigenvalue weighted by Crippen LogP contribution is 2.46. The monoisotopic (exact) mass is 394 g/mol. The average molecular weight is 395 g/mol. The zero-order valence-corrected chi connectivity index (χ0v) is 17.1. The third kappa shape index (κ3) is 3.44. The summed E-state index contributed by atoms with van der Waals surface area (Å²) < 4.78 is 0.